The van der Waals surface area contributed by atoms with Gasteiger partial charge in [0.25, 0.3) is 0 Å². The van der Waals surface area contributed by atoms with Gasteiger partial charge in [0.2, 0.25) is 0 Å². The van der Waals surface area contributed by atoms with Gasteiger partial charge in [0, 0.05) is 12.5 Å². The fraction of sp³-hybridized carbons (Fsp3) is 0.857. The van der Waals surface area contributed by atoms with Crippen LogP contribution in [0.4, 0.5) is 0 Å². The lowest BCUT2D eigenvalue weighted by atomic mass is 10.0. The highest BCUT2D eigenvalue weighted by Crippen LogP contribution is 2.20. The van der Waals surface area contributed by atoms with Crippen LogP contribution in [-0.2, 0) is 9.53 Å². The van der Waals surface area contributed by atoms with E-state index in [-0.39, 0.29) is 12.0 Å². The first-order chi connectivity index (χ1) is 4.38. The molecule has 1 rings (SSSR count). The smallest absolute Gasteiger partial charge is 0.125 e. The van der Waals surface area contributed by atoms with Crippen LogP contribution in [0, 0.1) is 5.92 Å². The molecule has 1 fully saturated rings. The van der Waals surface area contributed by atoms with Crippen LogP contribution in [0.2, 0.25) is 0 Å². The van der Waals surface area contributed by atoms with Gasteiger partial charge < -0.3 is 9.53 Å². The van der Waals surface area contributed by atoms with Crippen molar-refractivity contribution in [3.05, 3.63) is 0 Å². The van der Waals surface area contributed by atoms with Crippen molar-refractivity contribution in [1.29, 1.82) is 0 Å². The zero-order valence-corrected chi connectivity index (χ0v) is 5.67. The van der Waals surface area contributed by atoms with Crippen LogP contribution in [0.5, 0.6) is 0 Å². The first kappa shape index (κ1) is 6.75. The Morgan fingerprint density at radius 2 is 2.56 bits per heavy atom. The number of rotatable bonds is 2. The summed E-state index contributed by atoms with van der Waals surface area (Å²) in [5, 5.41) is 0. The molecule has 0 spiro atoms. The predicted octanol–water partition coefficient (Wildman–Crippen LogP) is 1.00. The third-order valence-electron chi connectivity index (χ3n) is 1.84. The SMILES string of the molecule is CC[C@@H]1OCC[C@H]1C=O. The van der Waals surface area contributed by atoms with E-state index in [1.165, 1.54) is 0 Å². The Bertz CT molecular complexity index is 101. The lowest BCUT2D eigenvalue weighted by Gasteiger charge is -2.08. The van der Waals surface area contributed by atoms with Gasteiger partial charge in [0.1, 0.15) is 6.29 Å². The van der Waals surface area contributed by atoms with E-state index in [4.69, 9.17) is 4.74 Å². The molecular formula is C7H12O2. The molecule has 0 bridgehead atoms. The van der Waals surface area contributed by atoms with Gasteiger partial charge in [-0.1, -0.05) is 6.92 Å². The number of hydrogen-bond acceptors (Lipinski definition) is 2. The highest BCUT2D eigenvalue weighted by atomic mass is 16.5. The zero-order valence-electron chi connectivity index (χ0n) is 5.67. The maximum atomic E-state index is 10.3. The lowest BCUT2D eigenvalue weighted by Crippen LogP contribution is -2.15. The second kappa shape index (κ2) is 2.97. The fourth-order valence-corrected chi connectivity index (χ4v) is 1.24. The van der Waals surface area contributed by atoms with Crippen LogP contribution in [-0.4, -0.2) is 19.0 Å². The molecule has 0 unspecified atom stereocenters. The normalized spacial score (nSPS) is 34.8. The van der Waals surface area contributed by atoms with E-state index < -0.39 is 0 Å². The quantitative estimate of drug-likeness (QED) is 0.518. The van der Waals surface area contributed by atoms with E-state index >= 15 is 0 Å². The summed E-state index contributed by atoms with van der Waals surface area (Å²) in [5.74, 6) is 0.176. The molecule has 0 aliphatic carbocycles. The summed E-state index contributed by atoms with van der Waals surface area (Å²) < 4.78 is 5.27. The summed E-state index contributed by atoms with van der Waals surface area (Å²) in [4.78, 5) is 10.3. The number of carbonyl (C=O) groups is 1. The molecular weight excluding hydrogens is 116 g/mol. The third-order valence-corrected chi connectivity index (χ3v) is 1.84. The standard InChI is InChI=1S/C7H12O2/c1-2-7-6(5-8)3-4-9-7/h5-7H,2-4H2,1H3/t6-,7-/m0/s1. The van der Waals surface area contributed by atoms with Gasteiger partial charge in [-0.05, 0) is 12.8 Å². The molecule has 0 aromatic heterocycles. The van der Waals surface area contributed by atoms with Gasteiger partial charge in [-0.15, -0.1) is 0 Å². The van der Waals surface area contributed by atoms with Crippen molar-refractivity contribution >= 4 is 6.29 Å². The van der Waals surface area contributed by atoms with Gasteiger partial charge >= 0.3 is 0 Å². The molecule has 1 heterocycles. The van der Waals surface area contributed by atoms with Crippen LogP contribution in [0.3, 0.4) is 0 Å². The Balaban J connectivity index is 2.41. The van der Waals surface area contributed by atoms with Crippen LogP contribution in [0.25, 0.3) is 0 Å². The van der Waals surface area contributed by atoms with Crippen LogP contribution in [0.15, 0.2) is 0 Å². The van der Waals surface area contributed by atoms with Crippen LogP contribution >= 0.6 is 0 Å². The van der Waals surface area contributed by atoms with E-state index in [1.54, 1.807) is 0 Å². The predicted molar refractivity (Wildman–Crippen MR) is 34.2 cm³/mol. The molecule has 0 N–H and O–H groups in total. The summed E-state index contributed by atoms with van der Waals surface area (Å²) in [5.41, 5.74) is 0. The molecule has 1 aliphatic heterocycles. The van der Waals surface area contributed by atoms with Gasteiger partial charge in [-0.3, -0.25) is 0 Å². The minimum atomic E-state index is 0.176. The second-order valence-corrected chi connectivity index (χ2v) is 2.41. The van der Waals surface area contributed by atoms with E-state index in [9.17, 15) is 4.79 Å². The molecule has 0 radical (unpaired) electrons. The van der Waals surface area contributed by atoms with Gasteiger partial charge in [0.15, 0.2) is 0 Å². The zero-order chi connectivity index (χ0) is 6.69. The van der Waals surface area contributed by atoms with Crippen molar-refractivity contribution in [2.75, 3.05) is 6.61 Å². The Kier molecular flexibility index (Phi) is 2.22. The summed E-state index contributed by atoms with van der Waals surface area (Å²) in [6.45, 7) is 2.81. The van der Waals surface area contributed by atoms with Gasteiger partial charge in [-0.2, -0.15) is 0 Å². The maximum absolute atomic E-state index is 10.3. The van der Waals surface area contributed by atoms with E-state index in [2.05, 4.69) is 0 Å². The molecule has 9 heavy (non-hydrogen) atoms. The number of carbonyl (C=O) groups excluding carboxylic acids is 1. The van der Waals surface area contributed by atoms with Crippen molar-refractivity contribution < 1.29 is 9.53 Å². The minimum Gasteiger partial charge on any atom is -0.377 e. The molecule has 2 atom stereocenters. The van der Waals surface area contributed by atoms with Gasteiger partial charge in [0.05, 0.1) is 6.10 Å². The average Bonchev–Trinajstić information content (AvgIpc) is 2.33. The van der Waals surface area contributed by atoms with Crippen molar-refractivity contribution in [2.45, 2.75) is 25.9 Å². The molecule has 1 aliphatic rings. The van der Waals surface area contributed by atoms with Crippen LogP contribution in [0.1, 0.15) is 19.8 Å². The molecule has 0 aromatic carbocycles. The molecule has 0 saturated carbocycles. The second-order valence-electron chi connectivity index (χ2n) is 2.41. The highest BCUT2D eigenvalue weighted by Gasteiger charge is 2.25. The number of hydrogen-bond donors (Lipinski definition) is 0. The highest BCUT2D eigenvalue weighted by molar-refractivity contribution is 5.54. The molecule has 0 aromatic rings. The monoisotopic (exact) mass is 128 g/mol. The summed E-state index contributed by atoms with van der Waals surface area (Å²) in [6, 6.07) is 0. The Morgan fingerprint density at radius 1 is 1.78 bits per heavy atom. The molecule has 0 amide bonds. The molecule has 2 nitrogen and oxygen atoms in total. The Morgan fingerprint density at radius 3 is 3.00 bits per heavy atom. The van der Waals surface area contributed by atoms with E-state index in [0.717, 1.165) is 25.7 Å². The summed E-state index contributed by atoms with van der Waals surface area (Å²) >= 11 is 0. The van der Waals surface area contributed by atoms with E-state index in [1.807, 2.05) is 6.92 Å². The minimum absolute atomic E-state index is 0.176. The molecule has 2 heteroatoms. The topological polar surface area (TPSA) is 26.3 Å². The van der Waals surface area contributed by atoms with Gasteiger partial charge in [-0.25, -0.2) is 0 Å². The van der Waals surface area contributed by atoms with Crippen LogP contribution < -0.4 is 0 Å². The largest absolute Gasteiger partial charge is 0.377 e. The van der Waals surface area contributed by atoms with Crippen molar-refractivity contribution in [2.24, 2.45) is 5.92 Å². The van der Waals surface area contributed by atoms with Crippen molar-refractivity contribution in [1.82, 2.24) is 0 Å². The molecule has 1 saturated heterocycles. The van der Waals surface area contributed by atoms with Crippen molar-refractivity contribution in [3.63, 3.8) is 0 Å². The lowest BCUT2D eigenvalue weighted by molar-refractivity contribution is -0.112. The van der Waals surface area contributed by atoms with Crippen molar-refractivity contribution in [3.8, 4) is 0 Å². The maximum Gasteiger partial charge on any atom is 0.125 e. The third kappa shape index (κ3) is 1.30. The fourth-order valence-electron chi connectivity index (χ4n) is 1.24. The molecule has 52 valence electrons. The summed E-state index contributed by atoms with van der Waals surface area (Å²) in [6.07, 6.45) is 3.11. The first-order valence-corrected chi connectivity index (χ1v) is 3.45. The Labute approximate surface area is 55.2 Å². The van der Waals surface area contributed by atoms with E-state index in [0.29, 0.717) is 0 Å². The number of ether oxygens (including phenoxy) is 1. The average molecular weight is 128 g/mol. The summed E-state index contributed by atoms with van der Waals surface area (Å²) in [7, 11) is 0. The Hall–Kier alpha value is -0.370. The first-order valence-electron chi connectivity index (χ1n) is 3.45. The number of aldehydes is 1.